The van der Waals surface area contributed by atoms with Crippen LogP contribution in [0.3, 0.4) is 0 Å². The highest BCUT2D eigenvalue weighted by Crippen LogP contribution is 2.25. The molecule has 0 bridgehead atoms. The fourth-order valence-electron chi connectivity index (χ4n) is 2.32. The molecule has 0 saturated carbocycles. The number of rotatable bonds is 3. The van der Waals surface area contributed by atoms with Crippen molar-refractivity contribution in [2.45, 2.75) is 18.7 Å². The number of imidazole rings is 1. The van der Waals surface area contributed by atoms with Crippen LogP contribution >= 0.6 is 0 Å². The largest absolute Gasteiger partial charge is 0.379 e. The van der Waals surface area contributed by atoms with E-state index in [2.05, 4.69) is 4.98 Å². The van der Waals surface area contributed by atoms with Crippen LogP contribution in [-0.4, -0.2) is 18.0 Å². The summed E-state index contributed by atoms with van der Waals surface area (Å²) in [6.07, 6.45) is 1.67. The molecule has 0 saturated heterocycles. The zero-order valence-electron chi connectivity index (χ0n) is 12.6. The van der Waals surface area contributed by atoms with Crippen LogP contribution in [0.2, 0.25) is 0 Å². The van der Waals surface area contributed by atoms with E-state index in [0.717, 1.165) is 11.1 Å². The van der Waals surface area contributed by atoms with Gasteiger partial charge < -0.3 is 8.75 Å². The summed E-state index contributed by atoms with van der Waals surface area (Å²) < 4.78 is 32.1. The maximum absolute atomic E-state index is 12.5. The second-order valence-corrected chi connectivity index (χ2v) is 6.83. The summed E-state index contributed by atoms with van der Waals surface area (Å²) in [5, 5.41) is 0. The zero-order chi connectivity index (χ0) is 15.9. The van der Waals surface area contributed by atoms with Crippen molar-refractivity contribution in [3.05, 3.63) is 53.9 Å². The summed E-state index contributed by atoms with van der Waals surface area (Å²) in [4.78, 5) is 4.39. The fraction of sp³-hybridized carbons (Fsp3) is 0.188. The lowest BCUT2D eigenvalue weighted by Crippen LogP contribution is -2.11. The van der Waals surface area contributed by atoms with Gasteiger partial charge in [0.05, 0.1) is 17.4 Å². The maximum atomic E-state index is 12.5. The van der Waals surface area contributed by atoms with E-state index in [1.54, 1.807) is 43.6 Å². The Kier molecular flexibility index (Phi) is 3.41. The normalized spacial score (nSPS) is 11.8. The molecule has 0 fully saturated rings. The molecule has 1 heterocycles. The van der Waals surface area contributed by atoms with Crippen molar-refractivity contribution in [1.82, 2.24) is 9.55 Å². The highest BCUT2D eigenvalue weighted by molar-refractivity contribution is 7.87. The van der Waals surface area contributed by atoms with Crippen molar-refractivity contribution in [3.8, 4) is 5.75 Å². The van der Waals surface area contributed by atoms with Crippen molar-refractivity contribution < 1.29 is 12.6 Å². The molecule has 0 aliphatic carbocycles. The number of hydrogen-bond donors (Lipinski definition) is 0. The molecular formula is C16H16N2O3S. The molecule has 0 spiro atoms. The van der Waals surface area contributed by atoms with E-state index >= 15 is 0 Å². The van der Waals surface area contributed by atoms with Crippen LogP contribution in [0.15, 0.2) is 47.6 Å². The third-order valence-corrected chi connectivity index (χ3v) is 4.91. The van der Waals surface area contributed by atoms with Crippen molar-refractivity contribution in [1.29, 1.82) is 0 Å². The number of benzene rings is 2. The molecule has 0 aliphatic rings. The highest BCUT2D eigenvalue weighted by Gasteiger charge is 2.20. The number of hydrogen-bond acceptors (Lipinski definition) is 4. The molecule has 3 aromatic rings. The molecule has 0 unspecified atom stereocenters. The van der Waals surface area contributed by atoms with Gasteiger partial charge in [-0.05, 0) is 43.2 Å². The number of aromatic nitrogens is 2. The van der Waals surface area contributed by atoms with Crippen molar-refractivity contribution in [2.24, 2.45) is 7.05 Å². The first-order valence-electron chi connectivity index (χ1n) is 6.80. The summed E-state index contributed by atoms with van der Waals surface area (Å²) in [5.74, 6) is 0.257. The summed E-state index contributed by atoms with van der Waals surface area (Å²) in [6, 6.07) is 10.3. The standard InChI is InChI=1S/C16H16N2O3S/c1-11-4-5-12(2)16(8-11)22(19,20)21-13-6-7-15-14(9-13)17-10-18(15)3/h4-10H,1-3H3. The van der Waals surface area contributed by atoms with E-state index in [1.165, 1.54) is 0 Å². The SMILES string of the molecule is Cc1ccc(C)c(S(=O)(=O)Oc2ccc3c(c2)ncn3C)c1. The molecule has 0 radical (unpaired) electrons. The van der Waals surface area contributed by atoms with Gasteiger partial charge >= 0.3 is 10.1 Å². The number of fused-ring (bicyclic) bond motifs is 1. The van der Waals surface area contributed by atoms with E-state index in [9.17, 15) is 8.42 Å². The van der Waals surface area contributed by atoms with E-state index in [1.807, 2.05) is 24.6 Å². The zero-order valence-corrected chi connectivity index (χ0v) is 13.4. The highest BCUT2D eigenvalue weighted by atomic mass is 32.2. The van der Waals surface area contributed by atoms with Crippen LogP contribution in [0.4, 0.5) is 0 Å². The van der Waals surface area contributed by atoms with Gasteiger partial charge in [-0.1, -0.05) is 12.1 Å². The molecule has 1 aromatic heterocycles. The molecule has 5 nitrogen and oxygen atoms in total. The molecule has 6 heteroatoms. The van der Waals surface area contributed by atoms with Gasteiger partial charge in [0.15, 0.2) is 0 Å². The van der Waals surface area contributed by atoms with Crippen LogP contribution < -0.4 is 4.18 Å². The predicted molar refractivity (Wildman–Crippen MR) is 84.4 cm³/mol. The molecule has 0 amide bonds. The van der Waals surface area contributed by atoms with Gasteiger partial charge in [0.25, 0.3) is 0 Å². The Morgan fingerprint density at radius 2 is 1.86 bits per heavy atom. The topological polar surface area (TPSA) is 61.2 Å². The Bertz CT molecular complexity index is 959. The Morgan fingerprint density at radius 3 is 2.64 bits per heavy atom. The monoisotopic (exact) mass is 316 g/mol. The van der Waals surface area contributed by atoms with Gasteiger partial charge in [0, 0.05) is 13.1 Å². The molecule has 0 atom stereocenters. The Labute approximate surface area is 129 Å². The van der Waals surface area contributed by atoms with E-state index in [-0.39, 0.29) is 10.6 Å². The van der Waals surface area contributed by atoms with Crippen molar-refractivity contribution >= 4 is 21.2 Å². The third kappa shape index (κ3) is 2.57. The van der Waals surface area contributed by atoms with Gasteiger partial charge in [-0.15, -0.1) is 0 Å². The van der Waals surface area contributed by atoms with E-state index in [4.69, 9.17) is 4.18 Å². The Hall–Kier alpha value is -2.34. The van der Waals surface area contributed by atoms with Gasteiger partial charge in [0.2, 0.25) is 0 Å². The van der Waals surface area contributed by atoms with Crippen LogP contribution in [0, 0.1) is 13.8 Å². The molecule has 3 rings (SSSR count). The Balaban J connectivity index is 2.00. The Morgan fingerprint density at radius 1 is 1.09 bits per heavy atom. The lowest BCUT2D eigenvalue weighted by atomic mass is 10.2. The molecule has 2 aromatic carbocycles. The average Bonchev–Trinajstić information content (AvgIpc) is 2.82. The van der Waals surface area contributed by atoms with Crippen molar-refractivity contribution in [3.63, 3.8) is 0 Å². The van der Waals surface area contributed by atoms with Gasteiger partial charge in [-0.2, -0.15) is 8.42 Å². The molecular weight excluding hydrogens is 300 g/mol. The van der Waals surface area contributed by atoms with Crippen LogP contribution in [0.1, 0.15) is 11.1 Å². The third-order valence-electron chi connectivity index (χ3n) is 3.52. The summed E-state index contributed by atoms with van der Waals surface area (Å²) in [7, 11) is -1.99. The number of aryl methyl sites for hydroxylation is 3. The van der Waals surface area contributed by atoms with Gasteiger partial charge in [0.1, 0.15) is 10.6 Å². The first-order valence-corrected chi connectivity index (χ1v) is 8.20. The first-order chi connectivity index (χ1) is 10.4. The minimum absolute atomic E-state index is 0.189. The lowest BCUT2D eigenvalue weighted by Gasteiger charge is -2.10. The minimum Gasteiger partial charge on any atom is -0.379 e. The summed E-state index contributed by atoms with van der Waals surface area (Å²) in [5.41, 5.74) is 3.13. The van der Waals surface area contributed by atoms with Crippen LogP contribution in [-0.2, 0) is 17.2 Å². The lowest BCUT2D eigenvalue weighted by molar-refractivity contribution is 0.485. The second kappa shape index (κ2) is 5.14. The minimum atomic E-state index is -3.86. The van der Waals surface area contributed by atoms with Gasteiger partial charge in [-0.25, -0.2) is 4.98 Å². The average molecular weight is 316 g/mol. The van der Waals surface area contributed by atoms with E-state index in [0.29, 0.717) is 11.1 Å². The fourth-order valence-corrected chi connectivity index (χ4v) is 3.56. The predicted octanol–water partition coefficient (Wildman–Crippen LogP) is 2.96. The second-order valence-electron chi connectivity index (χ2n) is 5.31. The van der Waals surface area contributed by atoms with Crippen LogP contribution in [0.5, 0.6) is 5.75 Å². The quantitative estimate of drug-likeness (QED) is 0.697. The van der Waals surface area contributed by atoms with Crippen molar-refractivity contribution in [2.75, 3.05) is 0 Å². The molecule has 0 N–H and O–H groups in total. The molecule has 22 heavy (non-hydrogen) atoms. The summed E-state index contributed by atoms with van der Waals surface area (Å²) >= 11 is 0. The number of nitrogens with zero attached hydrogens (tertiary/aromatic N) is 2. The van der Waals surface area contributed by atoms with E-state index < -0.39 is 10.1 Å². The maximum Gasteiger partial charge on any atom is 0.339 e. The molecule has 114 valence electrons. The van der Waals surface area contributed by atoms with Gasteiger partial charge in [-0.3, -0.25) is 0 Å². The first kappa shape index (κ1) is 14.6. The molecule has 0 aliphatic heterocycles. The summed E-state index contributed by atoms with van der Waals surface area (Å²) in [6.45, 7) is 3.59. The smallest absolute Gasteiger partial charge is 0.339 e. The van der Waals surface area contributed by atoms with Crippen LogP contribution in [0.25, 0.3) is 11.0 Å².